The quantitative estimate of drug-likeness (QED) is 0.171. The number of benzene rings is 9. The molecule has 10 rings (SSSR count). The molecule has 0 radical (unpaired) electrons. The molecule has 0 aliphatic rings. The van der Waals surface area contributed by atoms with Crippen molar-refractivity contribution >= 4 is 71.2 Å². The third-order valence-corrected chi connectivity index (χ3v) is 10.1. The molecule has 0 saturated heterocycles. The topological polar surface area (TPSA) is 8.17 Å². The number of nitrogens with zero attached hydrogens (tertiary/aromatic N) is 2. The molecule has 0 saturated carbocycles. The lowest BCUT2D eigenvalue weighted by Crippen LogP contribution is -2.12. The highest BCUT2D eigenvalue weighted by Gasteiger charge is 2.22. The summed E-state index contributed by atoms with van der Waals surface area (Å²) in [7, 11) is 0. The van der Waals surface area contributed by atoms with E-state index in [0.29, 0.717) is 0 Å². The first-order valence-corrected chi connectivity index (χ1v) is 17.2. The first-order valence-electron chi connectivity index (χ1n) is 17.2. The van der Waals surface area contributed by atoms with Crippen molar-refractivity contribution in [1.29, 1.82) is 0 Å². The average molecular weight is 637 g/mol. The summed E-state index contributed by atoms with van der Waals surface area (Å²) in [5.41, 5.74) is 9.26. The maximum absolute atomic E-state index is 2.48. The summed E-state index contributed by atoms with van der Waals surface area (Å²) < 4.78 is 2.40. The molecule has 0 aliphatic carbocycles. The number of rotatable bonds is 5. The average Bonchev–Trinajstić information content (AvgIpc) is 3.52. The van der Waals surface area contributed by atoms with E-state index in [1.807, 2.05) is 0 Å². The molecule has 0 N–H and O–H groups in total. The molecule has 50 heavy (non-hydrogen) atoms. The molecule has 10 aromatic rings. The van der Waals surface area contributed by atoms with Gasteiger partial charge in [-0.2, -0.15) is 0 Å². The van der Waals surface area contributed by atoms with Crippen molar-refractivity contribution in [3.05, 3.63) is 194 Å². The van der Waals surface area contributed by atoms with Gasteiger partial charge in [0, 0.05) is 33.1 Å². The Morgan fingerprint density at radius 1 is 0.360 bits per heavy atom. The summed E-state index contributed by atoms with van der Waals surface area (Å²) in [6.45, 7) is 0. The van der Waals surface area contributed by atoms with E-state index in [9.17, 15) is 0 Å². The number of hydrogen-bond acceptors (Lipinski definition) is 1. The monoisotopic (exact) mass is 636 g/mol. The van der Waals surface area contributed by atoms with Crippen LogP contribution in [-0.4, -0.2) is 4.57 Å². The van der Waals surface area contributed by atoms with Crippen LogP contribution in [0.2, 0.25) is 0 Å². The predicted molar refractivity (Wildman–Crippen MR) is 213 cm³/mol. The predicted octanol–water partition coefficient (Wildman–Crippen LogP) is 13.4. The Kier molecular flexibility index (Phi) is 6.53. The second-order valence-electron chi connectivity index (χ2n) is 12.9. The normalized spacial score (nSPS) is 11.6. The molecule has 0 amide bonds. The fraction of sp³-hybridized carbons (Fsp3) is 0. The number of hydrogen-bond donors (Lipinski definition) is 0. The van der Waals surface area contributed by atoms with E-state index in [-0.39, 0.29) is 0 Å². The van der Waals surface area contributed by atoms with Crippen molar-refractivity contribution in [2.75, 3.05) is 4.90 Å². The van der Waals surface area contributed by atoms with Gasteiger partial charge >= 0.3 is 0 Å². The van der Waals surface area contributed by atoms with Crippen molar-refractivity contribution in [3.8, 4) is 16.8 Å². The van der Waals surface area contributed by atoms with E-state index in [1.54, 1.807) is 0 Å². The van der Waals surface area contributed by atoms with Gasteiger partial charge in [0.05, 0.1) is 22.4 Å². The summed E-state index contributed by atoms with van der Waals surface area (Å²) in [4.78, 5) is 2.48. The molecular formula is C48H32N2. The van der Waals surface area contributed by atoms with Crippen LogP contribution in [0.4, 0.5) is 17.1 Å². The lowest BCUT2D eigenvalue weighted by Gasteiger charge is -2.30. The molecule has 2 nitrogen and oxygen atoms in total. The van der Waals surface area contributed by atoms with Crippen molar-refractivity contribution in [1.82, 2.24) is 4.57 Å². The summed E-state index contributed by atoms with van der Waals surface area (Å²) >= 11 is 0. The van der Waals surface area contributed by atoms with Crippen LogP contribution in [0, 0.1) is 0 Å². The smallest absolute Gasteiger partial charge is 0.0561 e. The van der Waals surface area contributed by atoms with Crippen molar-refractivity contribution in [2.45, 2.75) is 0 Å². The zero-order chi connectivity index (χ0) is 33.0. The second-order valence-corrected chi connectivity index (χ2v) is 12.9. The van der Waals surface area contributed by atoms with Crippen molar-refractivity contribution < 1.29 is 0 Å². The van der Waals surface area contributed by atoms with Crippen LogP contribution in [0.3, 0.4) is 0 Å². The van der Waals surface area contributed by atoms with Gasteiger partial charge in [-0.25, -0.2) is 0 Å². The van der Waals surface area contributed by atoms with Crippen molar-refractivity contribution in [3.63, 3.8) is 0 Å². The zero-order valence-electron chi connectivity index (χ0n) is 27.4. The fourth-order valence-electron chi connectivity index (χ4n) is 7.93. The van der Waals surface area contributed by atoms with Gasteiger partial charge in [0.2, 0.25) is 0 Å². The Bertz CT molecular complexity index is 2860. The van der Waals surface area contributed by atoms with Gasteiger partial charge in [0.25, 0.3) is 0 Å². The number of para-hydroxylation sites is 3. The largest absolute Gasteiger partial charge is 0.309 e. The first-order chi connectivity index (χ1) is 24.8. The minimum absolute atomic E-state index is 1.10. The lowest BCUT2D eigenvalue weighted by atomic mass is 9.94. The standard InChI is InChI=1S/C48H32N2/c1-3-14-33(15-4-1)39-20-9-11-23-43(39)50(45-25-13-17-35-28-29-36-27-26-34-16-7-8-21-40(34)47(36)48(35)45)38-30-31-42-41-22-10-12-24-44(41)49(46(42)32-38)37-18-5-2-6-19-37/h1-32H. The van der Waals surface area contributed by atoms with Crippen LogP contribution in [0.5, 0.6) is 0 Å². The Hall–Kier alpha value is -6.64. The molecule has 0 aliphatic heterocycles. The van der Waals surface area contributed by atoms with E-state index in [2.05, 4.69) is 204 Å². The number of aromatic nitrogens is 1. The van der Waals surface area contributed by atoms with Gasteiger partial charge in [0.1, 0.15) is 0 Å². The Balaban J connectivity index is 1.34. The van der Waals surface area contributed by atoms with Gasteiger partial charge in [-0.3, -0.25) is 0 Å². The third-order valence-electron chi connectivity index (χ3n) is 10.1. The molecule has 0 fully saturated rings. The van der Waals surface area contributed by atoms with Gasteiger partial charge in [-0.15, -0.1) is 0 Å². The molecule has 1 aromatic heterocycles. The molecular weight excluding hydrogens is 605 g/mol. The first kappa shape index (κ1) is 28.4. The number of anilines is 3. The van der Waals surface area contributed by atoms with E-state index >= 15 is 0 Å². The van der Waals surface area contributed by atoms with E-state index < -0.39 is 0 Å². The van der Waals surface area contributed by atoms with Crippen LogP contribution < -0.4 is 4.90 Å². The summed E-state index contributed by atoms with van der Waals surface area (Å²) in [5, 5.41) is 9.96. The molecule has 234 valence electrons. The van der Waals surface area contributed by atoms with Crippen LogP contribution >= 0.6 is 0 Å². The van der Waals surface area contributed by atoms with Crippen LogP contribution in [0.1, 0.15) is 0 Å². The summed E-state index contributed by atoms with van der Waals surface area (Å²) in [6.07, 6.45) is 0. The van der Waals surface area contributed by atoms with E-state index in [1.165, 1.54) is 65.3 Å². The maximum atomic E-state index is 2.48. The SMILES string of the molecule is c1ccc(-c2ccccc2N(c2ccc3c4ccccc4n(-c4ccccc4)c3c2)c2cccc3ccc4ccc5ccccc5c4c23)cc1. The third kappa shape index (κ3) is 4.43. The van der Waals surface area contributed by atoms with Crippen LogP contribution in [0.25, 0.3) is 70.9 Å². The van der Waals surface area contributed by atoms with Crippen molar-refractivity contribution in [2.24, 2.45) is 0 Å². The maximum Gasteiger partial charge on any atom is 0.0561 e. The molecule has 9 aromatic carbocycles. The van der Waals surface area contributed by atoms with E-state index in [0.717, 1.165) is 22.7 Å². The van der Waals surface area contributed by atoms with Crippen LogP contribution in [0.15, 0.2) is 194 Å². The Labute approximate surface area is 290 Å². The second kappa shape index (κ2) is 11.5. The highest BCUT2D eigenvalue weighted by molar-refractivity contribution is 6.24. The lowest BCUT2D eigenvalue weighted by molar-refractivity contribution is 1.18. The number of fused-ring (bicyclic) bond motifs is 8. The van der Waals surface area contributed by atoms with E-state index in [4.69, 9.17) is 0 Å². The molecule has 1 heterocycles. The summed E-state index contributed by atoms with van der Waals surface area (Å²) in [6, 6.07) is 70.6. The van der Waals surface area contributed by atoms with Gasteiger partial charge in [-0.05, 0) is 75.0 Å². The minimum atomic E-state index is 1.10. The highest BCUT2D eigenvalue weighted by Crippen LogP contribution is 2.47. The molecule has 0 spiro atoms. The minimum Gasteiger partial charge on any atom is -0.309 e. The summed E-state index contributed by atoms with van der Waals surface area (Å²) in [5.74, 6) is 0. The molecule has 0 atom stereocenters. The zero-order valence-corrected chi connectivity index (χ0v) is 27.4. The fourth-order valence-corrected chi connectivity index (χ4v) is 7.93. The van der Waals surface area contributed by atoms with Gasteiger partial charge in [0.15, 0.2) is 0 Å². The highest BCUT2D eigenvalue weighted by atomic mass is 15.1. The molecule has 0 unspecified atom stereocenters. The molecule has 0 bridgehead atoms. The van der Waals surface area contributed by atoms with Crippen LogP contribution in [-0.2, 0) is 0 Å². The molecule has 2 heteroatoms. The Morgan fingerprint density at radius 2 is 0.960 bits per heavy atom. The Morgan fingerprint density at radius 3 is 1.80 bits per heavy atom. The van der Waals surface area contributed by atoms with Gasteiger partial charge < -0.3 is 9.47 Å². The van der Waals surface area contributed by atoms with Gasteiger partial charge in [-0.1, -0.05) is 152 Å².